The van der Waals surface area contributed by atoms with Crippen LogP contribution in [0.25, 0.3) is 10.2 Å². The summed E-state index contributed by atoms with van der Waals surface area (Å²) < 4.78 is 5.75. The van der Waals surface area contributed by atoms with Crippen molar-refractivity contribution in [3.8, 4) is 5.75 Å². The molecule has 3 aromatic rings. The zero-order valence-electron chi connectivity index (χ0n) is 14.0. The fourth-order valence-electron chi connectivity index (χ4n) is 2.34. The van der Waals surface area contributed by atoms with E-state index in [2.05, 4.69) is 17.2 Å². The van der Waals surface area contributed by atoms with Gasteiger partial charge >= 0.3 is 0 Å². The van der Waals surface area contributed by atoms with E-state index in [9.17, 15) is 14.9 Å². The van der Waals surface area contributed by atoms with Gasteiger partial charge in [-0.1, -0.05) is 18.3 Å². The number of rotatable bonds is 6. The molecule has 0 fully saturated rings. The first-order valence-corrected chi connectivity index (χ1v) is 9.49. The molecule has 0 radical (unpaired) electrons. The highest BCUT2D eigenvalue weighted by Gasteiger charge is 2.17. The normalized spacial score (nSPS) is 10.7. The first kappa shape index (κ1) is 18.2. The van der Waals surface area contributed by atoms with Crippen molar-refractivity contribution in [1.29, 1.82) is 0 Å². The number of benzene rings is 2. The number of nitrogens with zero attached hydrogens (tertiary/aromatic N) is 2. The molecular formula is C17H15N3O4S2. The van der Waals surface area contributed by atoms with Crippen LogP contribution in [-0.2, 0) is 0 Å². The number of non-ortho nitro benzene ring substituents is 1. The second-order valence-electron chi connectivity index (χ2n) is 5.18. The number of carbonyl (C=O) groups excluding carboxylic acids is 1. The molecule has 0 aliphatic heterocycles. The number of ether oxygens (including phenoxy) is 1. The number of hydrogen-bond acceptors (Lipinski definition) is 7. The van der Waals surface area contributed by atoms with Gasteiger partial charge in [-0.05, 0) is 30.0 Å². The topological polar surface area (TPSA) is 94.4 Å². The van der Waals surface area contributed by atoms with Gasteiger partial charge in [-0.2, -0.15) is 0 Å². The minimum absolute atomic E-state index is 0.0834. The molecule has 7 nitrogen and oxygen atoms in total. The lowest BCUT2D eigenvalue weighted by Crippen LogP contribution is -2.11. The van der Waals surface area contributed by atoms with Gasteiger partial charge in [0.15, 0.2) is 10.9 Å². The molecule has 0 aliphatic rings. The van der Waals surface area contributed by atoms with Crippen molar-refractivity contribution in [1.82, 2.24) is 4.98 Å². The Morgan fingerprint density at radius 3 is 2.69 bits per heavy atom. The molecule has 9 heteroatoms. The molecule has 134 valence electrons. The van der Waals surface area contributed by atoms with E-state index in [0.29, 0.717) is 26.7 Å². The monoisotopic (exact) mass is 389 g/mol. The Balaban J connectivity index is 1.86. The second-order valence-corrected chi connectivity index (χ2v) is 7.55. The van der Waals surface area contributed by atoms with Gasteiger partial charge in [-0.25, -0.2) is 4.98 Å². The van der Waals surface area contributed by atoms with Crippen molar-refractivity contribution in [3.63, 3.8) is 0 Å². The van der Waals surface area contributed by atoms with E-state index in [0.717, 1.165) is 22.0 Å². The molecule has 0 unspecified atom stereocenters. The summed E-state index contributed by atoms with van der Waals surface area (Å²) in [5.74, 6) is 0.975. The Bertz CT molecular complexity index is 970. The predicted octanol–water partition coefficient (Wildman–Crippen LogP) is 4.58. The molecule has 0 atom stereocenters. The van der Waals surface area contributed by atoms with Gasteiger partial charge in [-0.3, -0.25) is 20.2 Å². The summed E-state index contributed by atoms with van der Waals surface area (Å²) in [6.45, 7) is 2.07. The van der Waals surface area contributed by atoms with Crippen molar-refractivity contribution in [3.05, 3.63) is 52.1 Å². The summed E-state index contributed by atoms with van der Waals surface area (Å²) in [6, 6.07) is 10.0. The van der Waals surface area contributed by atoms with Crippen molar-refractivity contribution in [2.45, 2.75) is 11.8 Å². The molecule has 0 spiro atoms. The quantitative estimate of drug-likeness (QED) is 0.377. The summed E-state index contributed by atoms with van der Waals surface area (Å²) in [5, 5.41) is 14.1. The summed E-state index contributed by atoms with van der Waals surface area (Å²) in [6.07, 6.45) is 0. The molecule has 1 heterocycles. The number of nitro groups is 1. The summed E-state index contributed by atoms with van der Waals surface area (Å²) in [7, 11) is 1.42. The number of fused-ring (bicyclic) bond motifs is 1. The Hall–Kier alpha value is -2.65. The second kappa shape index (κ2) is 7.71. The van der Waals surface area contributed by atoms with Gasteiger partial charge in [0, 0.05) is 16.5 Å². The van der Waals surface area contributed by atoms with Crippen LogP contribution in [0.5, 0.6) is 5.75 Å². The van der Waals surface area contributed by atoms with E-state index in [4.69, 9.17) is 4.74 Å². The lowest BCUT2D eigenvalue weighted by molar-refractivity contribution is -0.384. The van der Waals surface area contributed by atoms with Gasteiger partial charge in [0.25, 0.3) is 11.6 Å². The highest BCUT2D eigenvalue weighted by molar-refractivity contribution is 7.99. The molecule has 0 aliphatic carbocycles. The van der Waals surface area contributed by atoms with Crippen molar-refractivity contribution in [2.24, 2.45) is 0 Å². The van der Waals surface area contributed by atoms with Crippen molar-refractivity contribution in [2.75, 3.05) is 18.2 Å². The average Bonchev–Trinajstić information content (AvgIpc) is 3.03. The third kappa shape index (κ3) is 3.78. The smallest absolute Gasteiger partial charge is 0.274 e. The third-order valence-corrected chi connectivity index (χ3v) is 5.34. The molecule has 1 amide bonds. The van der Waals surface area contributed by atoms with Crippen LogP contribution in [0.3, 0.4) is 0 Å². The minimum Gasteiger partial charge on any atom is -0.494 e. The Morgan fingerprint density at radius 1 is 1.35 bits per heavy atom. The lowest BCUT2D eigenvalue weighted by atomic mass is 10.2. The molecule has 2 aromatic carbocycles. The summed E-state index contributed by atoms with van der Waals surface area (Å²) in [4.78, 5) is 28.4. The fraction of sp³-hybridized carbons (Fsp3) is 0.176. The van der Waals surface area contributed by atoms with Crippen LogP contribution in [0.1, 0.15) is 17.3 Å². The van der Waals surface area contributed by atoms with E-state index < -0.39 is 4.92 Å². The minimum atomic E-state index is -0.490. The average molecular weight is 389 g/mol. The molecule has 0 saturated carbocycles. The SMILES string of the molecule is CCSc1ccc(C(=O)Nc2nc3c(OC)cc([N+](=O)[O-])cc3s2)cc1. The van der Waals surface area contributed by atoms with Crippen LogP contribution < -0.4 is 10.1 Å². The Morgan fingerprint density at radius 2 is 2.08 bits per heavy atom. The maximum atomic E-state index is 12.4. The third-order valence-electron chi connectivity index (χ3n) is 3.52. The number of amides is 1. The molecule has 0 saturated heterocycles. The maximum absolute atomic E-state index is 12.4. The molecular weight excluding hydrogens is 374 g/mol. The molecule has 3 rings (SSSR count). The highest BCUT2D eigenvalue weighted by Crippen LogP contribution is 2.36. The number of nitrogens with one attached hydrogen (secondary N) is 1. The Labute approximate surface area is 157 Å². The highest BCUT2D eigenvalue weighted by atomic mass is 32.2. The van der Waals surface area contributed by atoms with E-state index in [1.165, 1.54) is 19.2 Å². The standard InChI is InChI=1S/C17H15N3O4S2/c1-3-25-12-6-4-10(5-7-12)16(21)19-17-18-15-13(24-2)8-11(20(22)23)9-14(15)26-17/h4-9H,3H2,1-2H3,(H,18,19,21). The number of anilines is 1. The molecule has 26 heavy (non-hydrogen) atoms. The maximum Gasteiger partial charge on any atom is 0.274 e. The zero-order valence-corrected chi connectivity index (χ0v) is 15.6. The fourth-order valence-corrected chi connectivity index (χ4v) is 3.91. The zero-order chi connectivity index (χ0) is 18.7. The van der Waals surface area contributed by atoms with Gasteiger partial charge in [0.2, 0.25) is 0 Å². The molecule has 1 aromatic heterocycles. The van der Waals surface area contributed by atoms with E-state index in [-0.39, 0.29) is 11.6 Å². The van der Waals surface area contributed by atoms with Crippen molar-refractivity contribution < 1.29 is 14.5 Å². The summed E-state index contributed by atoms with van der Waals surface area (Å²) in [5.41, 5.74) is 0.913. The Kier molecular flexibility index (Phi) is 5.38. The number of hydrogen-bond donors (Lipinski definition) is 1. The molecule has 0 bridgehead atoms. The van der Waals surface area contributed by atoms with Gasteiger partial charge < -0.3 is 4.74 Å². The van der Waals surface area contributed by atoms with Crippen LogP contribution in [0.4, 0.5) is 10.8 Å². The first-order valence-electron chi connectivity index (χ1n) is 7.69. The number of thioether (sulfide) groups is 1. The van der Waals surface area contributed by atoms with Gasteiger partial charge in [0.1, 0.15) is 5.52 Å². The number of methoxy groups -OCH3 is 1. The number of thiazole rings is 1. The molecule has 1 N–H and O–H groups in total. The van der Waals surface area contributed by atoms with Gasteiger partial charge in [0.05, 0.1) is 22.8 Å². The van der Waals surface area contributed by atoms with Crippen LogP contribution in [0.2, 0.25) is 0 Å². The van der Waals surface area contributed by atoms with Crippen LogP contribution in [0, 0.1) is 10.1 Å². The van der Waals surface area contributed by atoms with Crippen LogP contribution in [-0.4, -0.2) is 28.7 Å². The first-order chi connectivity index (χ1) is 12.5. The van der Waals surface area contributed by atoms with Crippen molar-refractivity contribution >= 4 is 50.0 Å². The number of aromatic nitrogens is 1. The number of nitro benzene ring substituents is 1. The number of carbonyl (C=O) groups is 1. The van der Waals surface area contributed by atoms with Crippen LogP contribution in [0.15, 0.2) is 41.3 Å². The van der Waals surface area contributed by atoms with E-state index in [1.54, 1.807) is 23.9 Å². The predicted molar refractivity (Wildman–Crippen MR) is 104 cm³/mol. The van der Waals surface area contributed by atoms with E-state index >= 15 is 0 Å². The van der Waals surface area contributed by atoms with Gasteiger partial charge in [-0.15, -0.1) is 11.8 Å². The van der Waals surface area contributed by atoms with E-state index in [1.807, 2.05) is 12.1 Å². The largest absolute Gasteiger partial charge is 0.494 e. The van der Waals surface area contributed by atoms with Crippen LogP contribution >= 0.6 is 23.1 Å². The summed E-state index contributed by atoms with van der Waals surface area (Å²) >= 11 is 2.86. The lowest BCUT2D eigenvalue weighted by Gasteiger charge is -2.03.